The van der Waals surface area contributed by atoms with E-state index in [2.05, 4.69) is 12.2 Å². The quantitative estimate of drug-likeness (QED) is 0.615. The van der Waals surface area contributed by atoms with Crippen LogP contribution in [0.15, 0.2) is 60.7 Å². The van der Waals surface area contributed by atoms with Crippen LogP contribution in [-0.4, -0.2) is 11.9 Å². The molecule has 0 radical (unpaired) electrons. The lowest BCUT2D eigenvalue weighted by Gasteiger charge is -2.15. The van der Waals surface area contributed by atoms with Gasteiger partial charge in [0, 0.05) is 11.6 Å². The molecule has 1 N–H and O–H groups in total. The average molecular weight is 293 g/mol. The van der Waals surface area contributed by atoms with E-state index < -0.39 is 0 Å². The topological polar surface area (TPSA) is 29.1 Å². The Labute approximate surface area is 132 Å². The summed E-state index contributed by atoms with van der Waals surface area (Å²) in [6.45, 7) is 4.17. The molecule has 0 fully saturated rings. The number of carbonyl (C=O) groups is 1. The molecule has 1 amide bonds. The largest absolute Gasteiger partial charge is 0.350 e. The highest BCUT2D eigenvalue weighted by molar-refractivity contribution is 6.24. The van der Waals surface area contributed by atoms with Crippen molar-refractivity contribution >= 4 is 17.6 Å². The van der Waals surface area contributed by atoms with Crippen LogP contribution in [0.25, 0.3) is 11.6 Å². The van der Waals surface area contributed by atoms with E-state index in [0.717, 1.165) is 24.0 Å². The van der Waals surface area contributed by atoms with E-state index in [1.807, 2.05) is 73.7 Å². The van der Waals surface area contributed by atoms with Gasteiger partial charge in [0.2, 0.25) is 0 Å². The predicted molar refractivity (Wildman–Crippen MR) is 93.3 cm³/mol. The van der Waals surface area contributed by atoms with Gasteiger partial charge in [-0.25, -0.2) is 0 Å². The Hall–Kier alpha value is -2.35. The molecule has 0 saturated heterocycles. The Balaban J connectivity index is 2.30. The summed E-state index contributed by atoms with van der Waals surface area (Å²) >= 11 is 0. The Bertz CT molecular complexity index is 617. The molecule has 2 rings (SSSR count). The normalized spacial score (nSPS) is 12.7. The fraction of sp³-hybridized carbons (Fsp3) is 0.250. The van der Waals surface area contributed by atoms with Crippen LogP contribution in [0, 0.1) is 0 Å². The second-order valence-corrected chi connectivity index (χ2v) is 5.50. The van der Waals surface area contributed by atoms with Crippen molar-refractivity contribution < 1.29 is 4.79 Å². The van der Waals surface area contributed by atoms with E-state index in [-0.39, 0.29) is 11.9 Å². The Morgan fingerprint density at radius 1 is 1.05 bits per heavy atom. The molecule has 0 heterocycles. The molecule has 0 aliphatic carbocycles. The summed E-state index contributed by atoms with van der Waals surface area (Å²) in [6.07, 6.45) is 3.99. The first-order valence-corrected chi connectivity index (χ1v) is 7.83. The van der Waals surface area contributed by atoms with Gasteiger partial charge in [-0.1, -0.05) is 74.0 Å². The zero-order valence-electron chi connectivity index (χ0n) is 13.3. The third-order valence-corrected chi connectivity index (χ3v) is 3.54. The van der Waals surface area contributed by atoms with Gasteiger partial charge in [0.05, 0.1) is 0 Å². The van der Waals surface area contributed by atoms with Gasteiger partial charge < -0.3 is 5.32 Å². The third kappa shape index (κ3) is 4.59. The fourth-order valence-electron chi connectivity index (χ4n) is 2.42. The van der Waals surface area contributed by atoms with Crippen LogP contribution >= 0.6 is 0 Å². The Morgan fingerprint density at radius 2 is 1.64 bits per heavy atom. The minimum absolute atomic E-state index is 0.0176. The van der Waals surface area contributed by atoms with Gasteiger partial charge in [0.15, 0.2) is 0 Å². The molecule has 2 aromatic rings. The van der Waals surface area contributed by atoms with Gasteiger partial charge in [0.25, 0.3) is 5.91 Å². The maximum Gasteiger partial charge on any atom is 0.252 e. The van der Waals surface area contributed by atoms with E-state index in [1.165, 1.54) is 0 Å². The minimum atomic E-state index is -0.0176. The van der Waals surface area contributed by atoms with Gasteiger partial charge in [-0.2, -0.15) is 0 Å². The van der Waals surface area contributed by atoms with E-state index in [1.54, 1.807) is 0 Å². The molecule has 22 heavy (non-hydrogen) atoms. The molecule has 0 aliphatic heterocycles. The predicted octanol–water partition coefficient (Wildman–Crippen LogP) is 4.53. The zero-order chi connectivity index (χ0) is 15.8. The van der Waals surface area contributed by atoms with Crippen molar-refractivity contribution in [3.8, 4) is 0 Å². The lowest BCUT2D eigenvalue weighted by atomic mass is 10.0. The molecular weight excluding hydrogens is 270 g/mol. The molecule has 0 spiro atoms. The summed E-state index contributed by atoms with van der Waals surface area (Å²) < 4.78 is 0. The molecule has 0 bridgehead atoms. The Kier molecular flexibility index (Phi) is 5.96. The highest BCUT2D eigenvalue weighted by Gasteiger charge is 2.14. The molecule has 0 aliphatic rings. The summed E-state index contributed by atoms with van der Waals surface area (Å²) in [7, 11) is 0. The molecule has 2 aromatic carbocycles. The van der Waals surface area contributed by atoms with E-state index in [9.17, 15) is 4.79 Å². The van der Waals surface area contributed by atoms with E-state index in [4.69, 9.17) is 0 Å². The number of hydrogen-bond acceptors (Lipinski definition) is 1. The Morgan fingerprint density at radius 3 is 2.23 bits per heavy atom. The number of amides is 1. The molecular formula is C20H23NO. The molecule has 114 valence electrons. The number of nitrogens with one attached hydrogen (secondary N) is 1. The maximum absolute atomic E-state index is 12.7. The molecule has 2 heteroatoms. The zero-order valence-corrected chi connectivity index (χ0v) is 13.3. The van der Waals surface area contributed by atoms with Crippen LogP contribution < -0.4 is 5.32 Å². The van der Waals surface area contributed by atoms with Gasteiger partial charge in [-0.3, -0.25) is 4.79 Å². The fourth-order valence-corrected chi connectivity index (χ4v) is 2.42. The van der Waals surface area contributed by atoms with Crippen molar-refractivity contribution in [2.24, 2.45) is 0 Å². The first-order chi connectivity index (χ1) is 10.7. The van der Waals surface area contributed by atoms with E-state index >= 15 is 0 Å². The van der Waals surface area contributed by atoms with Crippen molar-refractivity contribution in [2.45, 2.75) is 32.7 Å². The lowest BCUT2D eigenvalue weighted by molar-refractivity contribution is -0.116. The van der Waals surface area contributed by atoms with Crippen LogP contribution in [0.5, 0.6) is 0 Å². The van der Waals surface area contributed by atoms with Gasteiger partial charge in [-0.15, -0.1) is 0 Å². The second-order valence-electron chi connectivity index (χ2n) is 5.50. The minimum Gasteiger partial charge on any atom is -0.350 e. The molecule has 0 aromatic heterocycles. The first-order valence-electron chi connectivity index (χ1n) is 7.83. The summed E-state index contributed by atoms with van der Waals surface area (Å²) in [6, 6.07) is 19.9. The SMILES string of the molecule is CCC[C@@H](C)NC(=O)/C(=C/c1ccccc1)c1ccccc1. The smallest absolute Gasteiger partial charge is 0.252 e. The average Bonchev–Trinajstić information content (AvgIpc) is 2.54. The van der Waals surface area contributed by atoms with Crippen molar-refractivity contribution in [3.05, 3.63) is 71.8 Å². The van der Waals surface area contributed by atoms with Crippen molar-refractivity contribution in [1.82, 2.24) is 5.32 Å². The summed E-state index contributed by atoms with van der Waals surface area (Å²) in [4.78, 5) is 12.7. The number of benzene rings is 2. The number of rotatable bonds is 6. The maximum atomic E-state index is 12.7. The van der Waals surface area contributed by atoms with Crippen LogP contribution in [-0.2, 0) is 4.79 Å². The molecule has 0 unspecified atom stereocenters. The van der Waals surface area contributed by atoms with Gasteiger partial charge >= 0.3 is 0 Å². The van der Waals surface area contributed by atoms with Crippen LogP contribution in [0.4, 0.5) is 0 Å². The first kappa shape index (κ1) is 16.0. The van der Waals surface area contributed by atoms with E-state index in [0.29, 0.717) is 5.57 Å². The van der Waals surface area contributed by atoms with Crippen molar-refractivity contribution in [3.63, 3.8) is 0 Å². The highest BCUT2D eigenvalue weighted by Crippen LogP contribution is 2.19. The summed E-state index contributed by atoms with van der Waals surface area (Å²) in [5.41, 5.74) is 2.67. The van der Waals surface area contributed by atoms with Gasteiger partial charge in [0.1, 0.15) is 0 Å². The number of hydrogen-bond donors (Lipinski definition) is 1. The lowest BCUT2D eigenvalue weighted by Crippen LogP contribution is -2.32. The van der Waals surface area contributed by atoms with Crippen molar-refractivity contribution in [2.75, 3.05) is 0 Å². The van der Waals surface area contributed by atoms with Crippen LogP contribution in [0.3, 0.4) is 0 Å². The van der Waals surface area contributed by atoms with Crippen LogP contribution in [0.1, 0.15) is 37.8 Å². The number of carbonyl (C=O) groups excluding carboxylic acids is 1. The summed E-state index contributed by atoms with van der Waals surface area (Å²) in [5.74, 6) is -0.0176. The third-order valence-electron chi connectivity index (χ3n) is 3.54. The monoisotopic (exact) mass is 293 g/mol. The highest BCUT2D eigenvalue weighted by atomic mass is 16.1. The van der Waals surface area contributed by atoms with Crippen molar-refractivity contribution in [1.29, 1.82) is 0 Å². The molecule has 2 nitrogen and oxygen atoms in total. The van der Waals surface area contributed by atoms with Gasteiger partial charge in [-0.05, 0) is 30.5 Å². The molecule has 0 saturated carbocycles. The molecule has 1 atom stereocenters. The summed E-state index contributed by atoms with van der Waals surface area (Å²) in [5, 5.41) is 3.09. The second kappa shape index (κ2) is 8.18. The standard InChI is InChI=1S/C20H23NO/c1-3-10-16(2)21-20(22)19(18-13-8-5-9-14-18)15-17-11-6-4-7-12-17/h4-9,11-16H,3,10H2,1-2H3,(H,21,22)/b19-15+/t16-/m1/s1. The van der Waals surface area contributed by atoms with Crippen LogP contribution in [0.2, 0.25) is 0 Å².